The van der Waals surface area contributed by atoms with Crippen LogP contribution in [0, 0.1) is 0 Å². The number of aromatic nitrogens is 1. The van der Waals surface area contributed by atoms with Crippen molar-refractivity contribution in [1.82, 2.24) is 4.98 Å². The van der Waals surface area contributed by atoms with Gasteiger partial charge in [-0.05, 0) is 42.3 Å². The van der Waals surface area contributed by atoms with Crippen LogP contribution < -0.4 is 4.90 Å². The number of thiazole rings is 1. The highest BCUT2D eigenvalue weighted by Gasteiger charge is 2.27. The molecule has 1 aliphatic heterocycles. The van der Waals surface area contributed by atoms with Crippen LogP contribution in [0.15, 0.2) is 65.1 Å². The van der Waals surface area contributed by atoms with E-state index in [1.165, 1.54) is 5.56 Å². The highest BCUT2D eigenvalue weighted by molar-refractivity contribution is 7.21. The zero-order valence-corrected chi connectivity index (χ0v) is 14.1. The Morgan fingerprint density at radius 3 is 2.80 bits per heavy atom. The van der Waals surface area contributed by atoms with Gasteiger partial charge in [-0.3, -0.25) is 4.79 Å². The molecule has 25 heavy (non-hydrogen) atoms. The van der Waals surface area contributed by atoms with Gasteiger partial charge in [0.2, 0.25) is 0 Å². The molecule has 4 nitrogen and oxygen atoms in total. The van der Waals surface area contributed by atoms with Gasteiger partial charge in [-0.25, -0.2) is 4.98 Å². The maximum absolute atomic E-state index is 12.8. The fraction of sp³-hybridized carbons (Fsp3) is 0.100. The summed E-state index contributed by atoms with van der Waals surface area (Å²) in [5.41, 5.74) is 3.12. The second-order valence-corrected chi connectivity index (χ2v) is 7.02. The van der Waals surface area contributed by atoms with E-state index in [1.54, 1.807) is 22.3 Å². The molecule has 0 radical (unpaired) electrons. The molecule has 0 N–H and O–H groups in total. The predicted molar refractivity (Wildman–Crippen MR) is 99.1 cm³/mol. The Bertz CT molecular complexity index is 1060. The first-order chi connectivity index (χ1) is 12.3. The summed E-state index contributed by atoms with van der Waals surface area (Å²) in [6, 6.07) is 19.6. The summed E-state index contributed by atoms with van der Waals surface area (Å²) in [6.07, 6.45) is 0.882. The van der Waals surface area contributed by atoms with E-state index in [2.05, 4.69) is 11.1 Å². The van der Waals surface area contributed by atoms with Crippen LogP contribution in [0.25, 0.3) is 21.0 Å². The van der Waals surface area contributed by atoms with Crippen LogP contribution in [0.4, 0.5) is 5.69 Å². The molecule has 3 heterocycles. The monoisotopic (exact) mass is 346 g/mol. The molecular weight excluding hydrogens is 332 g/mol. The van der Waals surface area contributed by atoms with Crippen molar-refractivity contribution in [2.45, 2.75) is 6.42 Å². The molecule has 4 aromatic rings. The Kier molecular flexibility index (Phi) is 3.21. The van der Waals surface area contributed by atoms with E-state index >= 15 is 0 Å². The number of hydrogen-bond acceptors (Lipinski definition) is 4. The lowest BCUT2D eigenvalue weighted by molar-refractivity contribution is 0.0963. The Balaban J connectivity index is 1.47. The topological polar surface area (TPSA) is 46.3 Å². The molecule has 1 amide bonds. The second-order valence-electron chi connectivity index (χ2n) is 5.99. The first-order valence-electron chi connectivity index (χ1n) is 8.15. The smallest absolute Gasteiger partial charge is 0.294 e. The van der Waals surface area contributed by atoms with Crippen LogP contribution in [0.5, 0.6) is 0 Å². The Morgan fingerprint density at radius 2 is 1.88 bits per heavy atom. The van der Waals surface area contributed by atoms with Crippen molar-refractivity contribution in [2.75, 3.05) is 11.4 Å². The molecule has 0 fully saturated rings. The van der Waals surface area contributed by atoms with Gasteiger partial charge in [0.15, 0.2) is 16.5 Å². The largest absolute Gasteiger partial charge is 0.448 e. The van der Waals surface area contributed by atoms with Crippen LogP contribution in [0.3, 0.4) is 0 Å². The summed E-state index contributed by atoms with van der Waals surface area (Å²) in [4.78, 5) is 19.2. The highest BCUT2D eigenvalue weighted by Crippen LogP contribution is 2.33. The number of para-hydroxylation sites is 2. The molecule has 0 saturated carbocycles. The molecule has 0 atom stereocenters. The van der Waals surface area contributed by atoms with Crippen molar-refractivity contribution in [3.63, 3.8) is 0 Å². The molecule has 5 heteroatoms. The number of carbonyl (C=O) groups is 1. The number of hydrogen-bond donors (Lipinski definition) is 0. The van der Waals surface area contributed by atoms with Crippen LogP contribution in [0.2, 0.25) is 0 Å². The first kappa shape index (κ1) is 14.4. The number of rotatable bonds is 2. The van der Waals surface area contributed by atoms with Gasteiger partial charge in [0.05, 0.1) is 10.2 Å². The molecule has 0 aliphatic carbocycles. The number of anilines is 1. The van der Waals surface area contributed by atoms with E-state index in [0.29, 0.717) is 18.1 Å². The van der Waals surface area contributed by atoms with Gasteiger partial charge in [0, 0.05) is 12.2 Å². The summed E-state index contributed by atoms with van der Waals surface area (Å²) < 4.78 is 6.95. The van der Waals surface area contributed by atoms with E-state index in [9.17, 15) is 4.79 Å². The summed E-state index contributed by atoms with van der Waals surface area (Å²) in [6.45, 7) is 0.690. The van der Waals surface area contributed by atoms with Gasteiger partial charge >= 0.3 is 0 Å². The lowest BCUT2D eigenvalue weighted by Crippen LogP contribution is -2.28. The normalized spacial score (nSPS) is 13.4. The van der Waals surface area contributed by atoms with E-state index in [-0.39, 0.29) is 5.91 Å². The van der Waals surface area contributed by atoms with Crippen LogP contribution in [0.1, 0.15) is 16.1 Å². The number of benzene rings is 2. The van der Waals surface area contributed by atoms with Crippen molar-refractivity contribution in [3.05, 3.63) is 72.0 Å². The summed E-state index contributed by atoms with van der Waals surface area (Å²) in [7, 11) is 0. The van der Waals surface area contributed by atoms with Crippen LogP contribution in [-0.2, 0) is 6.42 Å². The molecular formula is C20H14N2O2S. The number of carbonyl (C=O) groups excluding carboxylic acids is 1. The van der Waals surface area contributed by atoms with Crippen LogP contribution >= 0.6 is 11.3 Å². The van der Waals surface area contributed by atoms with E-state index in [1.807, 2.05) is 48.5 Å². The Morgan fingerprint density at radius 1 is 1.04 bits per heavy atom. The maximum Gasteiger partial charge on any atom is 0.294 e. The third kappa shape index (κ3) is 2.36. The number of amides is 1. The second kappa shape index (κ2) is 5.57. The molecule has 0 bridgehead atoms. The van der Waals surface area contributed by atoms with Gasteiger partial charge in [-0.15, -0.1) is 11.3 Å². The fourth-order valence-electron chi connectivity index (χ4n) is 3.23. The quantitative estimate of drug-likeness (QED) is 0.526. The first-order valence-corrected chi connectivity index (χ1v) is 8.97. The maximum atomic E-state index is 12.8. The average molecular weight is 346 g/mol. The zero-order chi connectivity index (χ0) is 16.8. The van der Waals surface area contributed by atoms with E-state index in [0.717, 1.165) is 27.3 Å². The summed E-state index contributed by atoms with van der Waals surface area (Å²) in [5, 5.41) is 0.794. The van der Waals surface area contributed by atoms with E-state index < -0.39 is 0 Å². The highest BCUT2D eigenvalue weighted by atomic mass is 32.1. The third-order valence-corrected chi connectivity index (χ3v) is 5.50. The lowest BCUT2D eigenvalue weighted by atomic mass is 10.2. The minimum atomic E-state index is -0.0997. The Hall–Kier alpha value is -2.92. The van der Waals surface area contributed by atoms with Crippen LogP contribution in [-0.4, -0.2) is 17.4 Å². The van der Waals surface area contributed by atoms with Crippen molar-refractivity contribution < 1.29 is 9.21 Å². The average Bonchev–Trinajstić information content (AvgIpc) is 3.37. The molecule has 2 aromatic heterocycles. The number of furan rings is 1. The molecule has 1 aliphatic rings. The van der Waals surface area contributed by atoms with Gasteiger partial charge in [0.1, 0.15) is 0 Å². The van der Waals surface area contributed by atoms with Crippen molar-refractivity contribution >= 4 is 33.1 Å². The van der Waals surface area contributed by atoms with Gasteiger partial charge < -0.3 is 9.32 Å². The van der Waals surface area contributed by atoms with E-state index in [4.69, 9.17) is 4.42 Å². The van der Waals surface area contributed by atoms with Gasteiger partial charge in [-0.1, -0.05) is 30.3 Å². The molecule has 122 valence electrons. The van der Waals surface area contributed by atoms with Crippen molar-refractivity contribution in [3.8, 4) is 10.8 Å². The molecule has 0 saturated heterocycles. The lowest BCUT2D eigenvalue weighted by Gasteiger charge is -2.15. The van der Waals surface area contributed by atoms with Gasteiger partial charge in [-0.2, -0.15) is 0 Å². The third-order valence-electron chi connectivity index (χ3n) is 4.45. The number of fused-ring (bicyclic) bond motifs is 2. The predicted octanol–water partition coefficient (Wildman–Crippen LogP) is 4.76. The molecule has 0 spiro atoms. The molecule has 5 rings (SSSR count). The standard InChI is InChI=1S/C20H14N2O2S/c23-20(22-12-11-13-5-1-3-7-15(13)22)17-10-9-16(24-17)19-21-14-6-2-4-8-18(14)25-19/h1-10H,11-12H2. The zero-order valence-electron chi connectivity index (χ0n) is 13.3. The SMILES string of the molecule is O=C(c1ccc(-c2nc3ccccc3s2)o1)N1CCc2ccccc21. The molecule has 0 unspecified atom stereocenters. The van der Waals surface area contributed by atoms with Crippen molar-refractivity contribution in [2.24, 2.45) is 0 Å². The Labute approximate surface area is 148 Å². The summed E-state index contributed by atoms with van der Waals surface area (Å²) in [5.74, 6) is 0.889. The minimum Gasteiger partial charge on any atom is -0.448 e. The number of nitrogens with zero attached hydrogens (tertiary/aromatic N) is 2. The fourth-order valence-corrected chi connectivity index (χ4v) is 4.16. The van der Waals surface area contributed by atoms with Gasteiger partial charge in [0.25, 0.3) is 5.91 Å². The summed E-state index contributed by atoms with van der Waals surface area (Å²) >= 11 is 1.57. The van der Waals surface area contributed by atoms with Crippen molar-refractivity contribution in [1.29, 1.82) is 0 Å². The molecule has 2 aromatic carbocycles. The minimum absolute atomic E-state index is 0.0997.